The van der Waals surface area contributed by atoms with E-state index in [0.717, 1.165) is 18.4 Å². The quantitative estimate of drug-likeness (QED) is 0.748. The Balaban J connectivity index is 2.36. The summed E-state index contributed by atoms with van der Waals surface area (Å²) in [5, 5.41) is 9.20. The summed E-state index contributed by atoms with van der Waals surface area (Å²) >= 11 is 0. The van der Waals surface area contributed by atoms with Gasteiger partial charge in [0.25, 0.3) is 0 Å². The molecule has 2 heteroatoms. The van der Waals surface area contributed by atoms with Crippen molar-refractivity contribution in [3.63, 3.8) is 0 Å². The van der Waals surface area contributed by atoms with Crippen LogP contribution in [0.4, 0.5) is 0 Å². The van der Waals surface area contributed by atoms with Gasteiger partial charge < -0.3 is 10.0 Å². The van der Waals surface area contributed by atoms with Crippen LogP contribution in [-0.4, -0.2) is 36.2 Å². The van der Waals surface area contributed by atoms with Crippen LogP contribution in [0.3, 0.4) is 0 Å². The molecular weight excluding hydrogens is 174 g/mol. The smallest absolute Gasteiger partial charge is 0.0494 e. The Labute approximate surface area is 88.3 Å². The lowest BCUT2D eigenvalue weighted by Gasteiger charge is -2.28. The van der Waals surface area contributed by atoms with Crippen LogP contribution in [-0.2, 0) is 0 Å². The average molecular weight is 199 g/mol. The molecule has 1 N–H and O–H groups in total. The number of nitrogens with zero attached hydrogens (tertiary/aromatic N) is 1. The van der Waals surface area contributed by atoms with Gasteiger partial charge in [-0.15, -0.1) is 0 Å². The molecule has 0 amide bonds. The molecule has 84 valence electrons. The van der Waals surface area contributed by atoms with E-state index in [0.29, 0.717) is 0 Å². The van der Waals surface area contributed by atoms with Crippen molar-refractivity contribution in [2.75, 3.05) is 26.2 Å². The molecule has 0 aromatic carbocycles. The van der Waals surface area contributed by atoms with Crippen molar-refractivity contribution in [3.05, 3.63) is 0 Å². The third kappa shape index (κ3) is 3.25. The van der Waals surface area contributed by atoms with Gasteiger partial charge in [-0.1, -0.05) is 27.7 Å². The van der Waals surface area contributed by atoms with Crippen LogP contribution in [0.5, 0.6) is 0 Å². The summed E-state index contributed by atoms with van der Waals surface area (Å²) in [6.45, 7) is 12.7. The van der Waals surface area contributed by atoms with Gasteiger partial charge in [-0.3, -0.25) is 0 Å². The first-order valence-electron chi connectivity index (χ1n) is 5.78. The molecule has 1 atom stereocenters. The molecule has 1 rings (SSSR count). The van der Waals surface area contributed by atoms with Gasteiger partial charge >= 0.3 is 0 Å². The van der Waals surface area contributed by atoms with Crippen molar-refractivity contribution >= 4 is 0 Å². The minimum atomic E-state index is 0.0614. The molecule has 0 aliphatic carbocycles. The normalized spacial score (nSPS) is 24.9. The highest BCUT2D eigenvalue weighted by atomic mass is 16.3. The highest BCUT2D eigenvalue weighted by molar-refractivity contribution is 4.81. The van der Waals surface area contributed by atoms with Crippen molar-refractivity contribution in [1.82, 2.24) is 4.90 Å². The highest BCUT2D eigenvalue weighted by Gasteiger charge is 2.28. The summed E-state index contributed by atoms with van der Waals surface area (Å²) < 4.78 is 0. The van der Waals surface area contributed by atoms with Crippen LogP contribution >= 0.6 is 0 Å². The summed E-state index contributed by atoms with van der Waals surface area (Å²) in [6.07, 6.45) is 1.33. The fraction of sp³-hybridized carbons (Fsp3) is 1.00. The zero-order valence-electron chi connectivity index (χ0n) is 10.1. The molecule has 0 aromatic heterocycles. The van der Waals surface area contributed by atoms with Crippen molar-refractivity contribution in [3.8, 4) is 0 Å². The van der Waals surface area contributed by atoms with E-state index in [9.17, 15) is 5.11 Å². The number of aliphatic hydroxyl groups is 1. The van der Waals surface area contributed by atoms with Gasteiger partial charge in [0.1, 0.15) is 0 Å². The fourth-order valence-corrected chi connectivity index (χ4v) is 2.21. The molecule has 1 aliphatic rings. The van der Waals surface area contributed by atoms with Crippen LogP contribution in [0.15, 0.2) is 0 Å². The van der Waals surface area contributed by atoms with Gasteiger partial charge in [-0.05, 0) is 24.8 Å². The molecule has 0 bridgehead atoms. The van der Waals surface area contributed by atoms with Gasteiger partial charge in [-0.2, -0.15) is 0 Å². The second-order valence-corrected chi connectivity index (χ2v) is 5.85. The minimum absolute atomic E-state index is 0.0614. The third-order valence-electron chi connectivity index (χ3n) is 3.33. The Bertz CT molecular complexity index is 177. The van der Waals surface area contributed by atoms with Crippen LogP contribution in [0.2, 0.25) is 0 Å². The number of hydrogen-bond acceptors (Lipinski definition) is 2. The molecule has 0 saturated carbocycles. The predicted molar refractivity (Wildman–Crippen MR) is 60.3 cm³/mol. The van der Waals surface area contributed by atoms with Crippen LogP contribution in [0, 0.1) is 17.3 Å². The van der Waals surface area contributed by atoms with E-state index in [-0.39, 0.29) is 12.0 Å². The molecule has 0 aromatic rings. The Morgan fingerprint density at radius 3 is 2.50 bits per heavy atom. The van der Waals surface area contributed by atoms with Crippen LogP contribution in [0.25, 0.3) is 0 Å². The molecule has 0 radical (unpaired) electrons. The summed E-state index contributed by atoms with van der Waals surface area (Å²) in [6, 6.07) is 0. The van der Waals surface area contributed by atoms with Crippen molar-refractivity contribution in [2.45, 2.75) is 34.1 Å². The van der Waals surface area contributed by atoms with Gasteiger partial charge in [0.2, 0.25) is 0 Å². The minimum Gasteiger partial charge on any atom is -0.396 e. The summed E-state index contributed by atoms with van der Waals surface area (Å²) in [5.74, 6) is 1.67. The van der Waals surface area contributed by atoms with E-state index >= 15 is 0 Å². The number of aliphatic hydroxyl groups excluding tert-OH is 1. The fourth-order valence-electron chi connectivity index (χ4n) is 2.21. The molecule has 1 fully saturated rings. The monoisotopic (exact) mass is 199 g/mol. The van der Waals surface area contributed by atoms with Crippen molar-refractivity contribution < 1.29 is 5.11 Å². The first kappa shape index (κ1) is 12.0. The molecule has 1 aliphatic heterocycles. The molecule has 1 saturated heterocycles. The van der Waals surface area contributed by atoms with Crippen LogP contribution < -0.4 is 0 Å². The highest BCUT2D eigenvalue weighted by Crippen LogP contribution is 2.26. The Morgan fingerprint density at radius 2 is 2.07 bits per heavy atom. The van der Waals surface area contributed by atoms with E-state index in [1.165, 1.54) is 19.5 Å². The van der Waals surface area contributed by atoms with Crippen LogP contribution in [0.1, 0.15) is 34.1 Å². The van der Waals surface area contributed by atoms with Gasteiger partial charge in [0.15, 0.2) is 0 Å². The number of hydrogen-bond donors (Lipinski definition) is 1. The maximum Gasteiger partial charge on any atom is 0.0494 e. The largest absolute Gasteiger partial charge is 0.396 e. The topological polar surface area (TPSA) is 23.5 Å². The first-order valence-corrected chi connectivity index (χ1v) is 5.78. The molecule has 2 nitrogen and oxygen atoms in total. The number of rotatable bonds is 4. The molecule has 1 unspecified atom stereocenters. The zero-order valence-corrected chi connectivity index (χ0v) is 10.1. The standard InChI is InChI=1S/C12H25NO/c1-10(2)11-5-6-13(7-11)8-12(3,4)9-14/h10-11,14H,5-9H2,1-4H3. The second kappa shape index (κ2) is 4.63. The predicted octanol–water partition coefficient (Wildman–Crippen LogP) is 1.98. The van der Waals surface area contributed by atoms with E-state index in [1.54, 1.807) is 0 Å². The Morgan fingerprint density at radius 1 is 1.43 bits per heavy atom. The maximum atomic E-state index is 9.20. The first-order chi connectivity index (χ1) is 6.44. The third-order valence-corrected chi connectivity index (χ3v) is 3.33. The maximum absolute atomic E-state index is 9.20. The second-order valence-electron chi connectivity index (χ2n) is 5.85. The molecule has 1 heterocycles. The lowest BCUT2D eigenvalue weighted by atomic mass is 9.93. The average Bonchev–Trinajstić information content (AvgIpc) is 2.52. The lowest BCUT2D eigenvalue weighted by molar-refractivity contribution is 0.112. The van der Waals surface area contributed by atoms with E-state index in [1.807, 2.05) is 0 Å². The Hall–Kier alpha value is -0.0800. The number of likely N-dealkylation sites (tertiary alicyclic amines) is 1. The van der Waals surface area contributed by atoms with Crippen molar-refractivity contribution in [1.29, 1.82) is 0 Å². The molecule has 14 heavy (non-hydrogen) atoms. The Kier molecular flexibility index (Phi) is 3.96. The molecule has 0 spiro atoms. The lowest BCUT2D eigenvalue weighted by Crippen LogP contribution is -2.35. The SMILES string of the molecule is CC(C)C1CCN(CC(C)(C)CO)C1. The van der Waals surface area contributed by atoms with Crippen molar-refractivity contribution in [2.24, 2.45) is 17.3 Å². The van der Waals surface area contributed by atoms with Gasteiger partial charge in [0, 0.05) is 25.1 Å². The van der Waals surface area contributed by atoms with E-state index < -0.39 is 0 Å². The summed E-state index contributed by atoms with van der Waals surface area (Å²) in [5.41, 5.74) is 0.0614. The zero-order chi connectivity index (χ0) is 10.8. The van der Waals surface area contributed by atoms with Gasteiger partial charge in [-0.25, -0.2) is 0 Å². The van der Waals surface area contributed by atoms with E-state index in [2.05, 4.69) is 32.6 Å². The van der Waals surface area contributed by atoms with E-state index in [4.69, 9.17) is 0 Å². The summed E-state index contributed by atoms with van der Waals surface area (Å²) in [7, 11) is 0. The molecular formula is C12H25NO. The van der Waals surface area contributed by atoms with Gasteiger partial charge in [0.05, 0.1) is 0 Å². The summed E-state index contributed by atoms with van der Waals surface area (Å²) in [4.78, 5) is 2.50.